The Hall–Kier alpha value is -1.06. The summed E-state index contributed by atoms with van der Waals surface area (Å²) in [4.78, 5) is 13.8. The minimum atomic E-state index is -0.116. The molecule has 0 fully saturated rings. The lowest BCUT2D eigenvalue weighted by molar-refractivity contribution is 0.809. The molecule has 0 saturated heterocycles. The first-order chi connectivity index (χ1) is 6.74. The molecule has 3 nitrogen and oxygen atoms in total. The van der Waals surface area contributed by atoms with E-state index in [0.717, 1.165) is 13.0 Å². The molecule has 0 aliphatic heterocycles. The second-order valence-corrected chi connectivity index (χ2v) is 3.33. The lowest BCUT2D eigenvalue weighted by Crippen LogP contribution is -2.08. The topological polar surface area (TPSA) is 44.9 Å². The van der Waals surface area contributed by atoms with Crippen molar-refractivity contribution in [3.8, 4) is 0 Å². The van der Waals surface area contributed by atoms with Crippen molar-refractivity contribution in [1.29, 1.82) is 0 Å². The van der Waals surface area contributed by atoms with Gasteiger partial charge in [0.05, 0.1) is 5.02 Å². The fraction of sp³-hybridized carbons (Fsp3) is 0.300. The molecule has 0 amide bonds. The van der Waals surface area contributed by atoms with Gasteiger partial charge in [0.25, 0.3) is 5.56 Å². The van der Waals surface area contributed by atoms with Gasteiger partial charge in [0.1, 0.15) is 0 Å². The first kappa shape index (κ1) is 11.0. The van der Waals surface area contributed by atoms with Gasteiger partial charge in [-0.3, -0.25) is 4.79 Å². The molecular formula is C10H13ClN2O. The first-order valence-electron chi connectivity index (χ1n) is 4.43. The van der Waals surface area contributed by atoms with E-state index in [-0.39, 0.29) is 5.56 Å². The maximum atomic E-state index is 11.3. The molecule has 0 saturated carbocycles. The number of rotatable bonds is 4. The molecule has 4 heteroatoms. The molecule has 1 heterocycles. The van der Waals surface area contributed by atoms with E-state index in [1.165, 1.54) is 6.20 Å². The summed E-state index contributed by atoms with van der Waals surface area (Å²) in [5.74, 6) is 0. The van der Waals surface area contributed by atoms with Gasteiger partial charge in [-0.15, -0.1) is 0 Å². The number of hydrogen-bond donors (Lipinski definition) is 2. The van der Waals surface area contributed by atoms with Gasteiger partial charge in [-0.05, 0) is 26.1 Å². The Bertz CT molecular complexity index is 371. The number of aromatic nitrogens is 1. The zero-order valence-corrected chi connectivity index (χ0v) is 8.77. The van der Waals surface area contributed by atoms with Crippen molar-refractivity contribution in [3.63, 3.8) is 0 Å². The molecular weight excluding hydrogens is 200 g/mol. The van der Waals surface area contributed by atoms with Crippen LogP contribution in [0.25, 0.3) is 6.08 Å². The van der Waals surface area contributed by atoms with E-state index in [1.807, 2.05) is 13.1 Å². The zero-order chi connectivity index (χ0) is 10.4. The van der Waals surface area contributed by atoms with Crippen LogP contribution < -0.4 is 10.9 Å². The maximum Gasteiger partial charge on any atom is 0.255 e. The van der Waals surface area contributed by atoms with E-state index in [0.29, 0.717) is 10.6 Å². The van der Waals surface area contributed by atoms with Crippen LogP contribution in [0.2, 0.25) is 5.02 Å². The van der Waals surface area contributed by atoms with Crippen LogP contribution in [-0.4, -0.2) is 18.6 Å². The average Bonchev–Trinajstić information content (AvgIpc) is 2.18. The summed E-state index contributed by atoms with van der Waals surface area (Å²) in [5, 5.41) is 3.56. The smallest absolute Gasteiger partial charge is 0.255 e. The number of aromatic amines is 1. The van der Waals surface area contributed by atoms with Gasteiger partial charge >= 0.3 is 0 Å². The lowest BCUT2D eigenvalue weighted by Gasteiger charge is -1.94. The molecule has 1 aromatic rings. The Morgan fingerprint density at radius 1 is 1.64 bits per heavy atom. The van der Waals surface area contributed by atoms with Crippen molar-refractivity contribution >= 4 is 17.7 Å². The summed E-state index contributed by atoms with van der Waals surface area (Å²) in [7, 11) is 1.89. The van der Waals surface area contributed by atoms with E-state index in [2.05, 4.69) is 10.3 Å². The van der Waals surface area contributed by atoms with E-state index in [1.54, 1.807) is 12.1 Å². The summed E-state index contributed by atoms with van der Waals surface area (Å²) in [5.41, 5.74) is 0.476. The number of nitrogens with one attached hydrogen (secondary N) is 2. The summed E-state index contributed by atoms with van der Waals surface area (Å²) in [6, 6.07) is 1.65. The normalized spacial score (nSPS) is 11.0. The molecule has 1 rings (SSSR count). The predicted molar refractivity (Wildman–Crippen MR) is 59.7 cm³/mol. The van der Waals surface area contributed by atoms with Gasteiger partial charge in [0.15, 0.2) is 0 Å². The minimum absolute atomic E-state index is 0.116. The van der Waals surface area contributed by atoms with Crippen LogP contribution in [0.5, 0.6) is 0 Å². The van der Waals surface area contributed by atoms with Gasteiger partial charge in [0, 0.05) is 11.8 Å². The Labute approximate surface area is 87.8 Å². The molecule has 2 N–H and O–H groups in total. The zero-order valence-electron chi connectivity index (χ0n) is 8.01. The SMILES string of the molecule is CNCCC=Cc1cc(Cl)c[nH]c1=O. The van der Waals surface area contributed by atoms with E-state index in [9.17, 15) is 4.79 Å². The van der Waals surface area contributed by atoms with Gasteiger partial charge in [0.2, 0.25) is 0 Å². The van der Waals surface area contributed by atoms with Crippen molar-refractivity contribution < 1.29 is 0 Å². The van der Waals surface area contributed by atoms with Crippen LogP contribution in [0.3, 0.4) is 0 Å². The molecule has 1 aromatic heterocycles. The van der Waals surface area contributed by atoms with E-state index in [4.69, 9.17) is 11.6 Å². The third-order valence-corrected chi connectivity index (χ3v) is 1.97. The van der Waals surface area contributed by atoms with Crippen LogP contribution in [-0.2, 0) is 0 Å². The van der Waals surface area contributed by atoms with Crippen molar-refractivity contribution in [2.24, 2.45) is 0 Å². The molecule has 0 atom stereocenters. The van der Waals surface area contributed by atoms with Gasteiger partial charge in [-0.25, -0.2) is 0 Å². The minimum Gasteiger partial charge on any atom is -0.327 e. The second-order valence-electron chi connectivity index (χ2n) is 2.90. The summed E-state index contributed by atoms with van der Waals surface area (Å²) < 4.78 is 0. The Balaban J connectivity index is 2.71. The summed E-state index contributed by atoms with van der Waals surface area (Å²) in [6.45, 7) is 0.898. The Morgan fingerprint density at radius 2 is 2.43 bits per heavy atom. The highest BCUT2D eigenvalue weighted by atomic mass is 35.5. The van der Waals surface area contributed by atoms with Crippen molar-refractivity contribution in [2.45, 2.75) is 6.42 Å². The molecule has 0 aliphatic rings. The number of hydrogen-bond acceptors (Lipinski definition) is 2. The predicted octanol–water partition coefficient (Wildman–Crippen LogP) is 1.65. The molecule has 0 aliphatic carbocycles. The number of H-pyrrole nitrogens is 1. The molecule has 0 aromatic carbocycles. The highest BCUT2D eigenvalue weighted by molar-refractivity contribution is 6.30. The molecule has 76 valence electrons. The molecule has 0 radical (unpaired) electrons. The highest BCUT2D eigenvalue weighted by Gasteiger charge is 1.95. The molecule has 0 bridgehead atoms. The number of halogens is 1. The largest absolute Gasteiger partial charge is 0.327 e. The maximum absolute atomic E-state index is 11.3. The number of pyridine rings is 1. The fourth-order valence-electron chi connectivity index (χ4n) is 1.04. The van der Waals surface area contributed by atoms with Crippen LogP contribution >= 0.6 is 11.6 Å². The molecule has 0 unspecified atom stereocenters. The quantitative estimate of drug-likeness (QED) is 0.746. The van der Waals surface area contributed by atoms with E-state index >= 15 is 0 Å². The monoisotopic (exact) mass is 212 g/mol. The third kappa shape index (κ3) is 3.36. The van der Waals surface area contributed by atoms with Crippen LogP contribution in [0.1, 0.15) is 12.0 Å². The standard InChI is InChI=1S/C10H13ClN2O/c1-12-5-3-2-4-8-6-9(11)7-13-10(8)14/h2,4,6-7,12H,3,5H2,1H3,(H,13,14). The highest BCUT2D eigenvalue weighted by Crippen LogP contribution is 2.06. The van der Waals surface area contributed by atoms with Crippen molar-refractivity contribution in [1.82, 2.24) is 10.3 Å². The summed E-state index contributed by atoms with van der Waals surface area (Å²) >= 11 is 5.74. The van der Waals surface area contributed by atoms with Crippen LogP contribution in [0.15, 0.2) is 23.1 Å². The Morgan fingerprint density at radius 3 is 3.14 bits per heavy atom. The van der Waals surface area contributed by atoms with Gasteiger partial charge < -0.3 is 10.3 Å². The van der Waals surface area contributed by atoms with Crippen LogP contribution in [0.4, 0.5) is 0 Å². The Kier molecular flexibility index (Phi) is 4.43. The van der Waals surface area contributed by atoms with Crippen molar-refractivity contribution in [3.05, 3.63) is 39.3 Å². The second kappa shape index (κ2) is 5.62. The fourth-order valence-corrected chi connectivity index (χ4v) is 1.21. The first-order valence-corrected chi connectivity index (χ1v) is 4.81. The van der Waals surface area contributed by atoms with Gasteiger partial charge in [-0.2, -0.15) is 0 Å². The third-order valence-electron chi connectivity index (χ3n) is 1.76. The average molecular weight is 213 g/mol. The molecule has 14 heavy (non-hydrogen) atoms. The van der Waals surface area contributed by atoms with Crippen molar-refractivity contribution in [2.75, 3.05) is 13.6 Å². The van der Waals surface area contributed by atoms with Gasteiger partial charge in [-0.1, -0.05) is 23.8 Å². The summed E-state index contributed by atoms with van der Waals surface area (Å²) in [6.07, 6.45) is 6.09. The molecule has 0 spiro atoms. The van der Waals surface area contributed by atoms with E-state index < -0.39 is 0 Å². The van der Waals surface area contributed by atoms with Crippen LogP contribution in [0, 0.1) is 0 Å². The lowest BCUT2D eigenvalue weighted by atomic mass is 10.2.